The second-order valence-corrected chi connectivity index (χ2v) is 5.70. The summed E-state index contributed by atoms with van der Waals surface area (Å²) < 4.78 is 118. The van der Waals surface area contributed by atoms with E-state index in [0.29, 0.717) is 6.42 Å². The molecule has 0 nitrogen and oxygen atoms in total. The maximum atomic E-state index is 13.1. The van der Waals surface area contributed by atoms with Crippen LogP contribution in [0, 0.1) is 0 Å². The van der Waals surface area contributed by atoms with E-state index in [1.165, 1.54) is 6.92 Å². The fraction of sp³-hybridized carbons (Fsp3) is 0.600. The van der Waals surface area contributed by atoms with Crippen molar-refractivity contribution in [2.75, 3.05) is 0 Å². The zero-order valence-electron chi connectivity index (χ0n) is 13.3. The molecule has 1 aromatic carbocycles. The molecular formula is C15H14BF9. The Labute approximate surface area is 139 Å². The Morgan fingerprint density at radius 3 is 1.40 bits per heavy atom. The lowest BCUT2D eigenvalue weighted by Gasteiger charge is -2.32. The molecule has 0 aliphatic rings. The van der Waals surface area contributed by atoms with Crippen molar-refractivity contribution in [1.29, 1.82) is 0 Å². The van der Waals surface area contributed by atoms with E-state index in [2.05, 4.69) is 0 Å². The zero-order chi connectivity index (χ0) is 19.8. The first kappa shape index (κ1) is 21.7. The van der Waals surface area contributed by atoms with Gasteiger partial charge in [-0.25, -0.2) is 0 Å². The monoisotopic (exact) mass is 376 g/mol. The molecule has 1 atom stereocenters. The standard InChI is InChI=1S/C15H14BF9/c1-3-5-12(16,4-2)8-6-9(13(17,18)19)11(15(23,24)25)10(7-8)14(20,21)22/h6-7H,3-5H2,1-2H3. The van der Waals surface area contributed by atoms with E-state index in [1.807, 2.05) is 0 Å². The summed E-state index contributed by atoms with van der Waals surface area (Å²) in [7, 11) is 5.90. The fourth-order valence-electron chi connectivity index (χ4n) is 2.65. The third-order valence-electron chi connectivity index (χ3n) is 3.93. The highest BCUT2D eigenvalue weighted by molar-refractivity contribution is 6.16. The van der Waals surface area contributed by atoms with Crippen LogP contribution < -0.4 is 0 Å². The molecule has 2 radical (unpaired) electrons. The van der Waals surface area contributed by atoms with Crippen LogP contribution >= 0.6 is 0 Å². The topological polar surface area (TPSA) is 0 Å². The van der Waals surface area contributed by atoms with E-state index in [0.717, 1.165) is 0 Å². The van der Waals surface area contributed by atoms with Gasteiger partial charge >= 0.3 is 18.5 Å². The van der Waals surface area contributed by atoms with Crippen molar-refractivity contribution in [2.24, 2.45) is 0 Å². The quantitative estimate of drug-likeness (QED) is 0.426. The Balaban J connectivity index is 3.95. The molecule has 140 valence electrons. The molecule has 0 fully saturated rings. The van der Waals surface area contributed by atoms with Crippen molar-refractivity contribution in [2.45, 2.75) is 57.0 Å². The molecular weight excluding hydrogens is 362 g/mol. The molecule has 0 aliphatic carbocycles. The van der Waals surface area contributed by atoms with Crippen LogP contribution in [-0.2, 0) is 23.8 Å². The van der Waals surface area contributed by atoms with E-state index in [-0.39, 0.29) is 25.0 Å². The molecule has 0 saturated carbocycles. The lowest BCUT2D eigenvalue weighted by Crippen LogP contribution is -2.29. The number of benzene rings is 1. The van der Waals surface area contributed by atoms with Gasteiger partial charge < -0.3 is 0 Å². The lowest BCUT2D eigenvalue weighted by atomic mass is 9.59. The number of rotatable bonds is 4. The second-order valence-electron chi connectivity index (χ2n) is 5.70. The molecule has 0 saturated heterocycles. The molecule has 0 N–H and O–H groups in total. The van der Waals surface area contributed by atoms with Crippen molar-refractivity contribution >= 4 is 7.85 Å². The fourth-order valence-corrected chi connectivity index (χ4v) is 2.65. The second kappa shape index (κ2) is 6.76. The summed E-state index contributed by atoms with van der Waals surface area (Å²) in [6.45, 7) is 3.05. The van der Waals surface area contributed by atoms with Gasteiger partial charge in [-0.05, 0) is 23.0 Å². The maximum Gasteiger partial charge on any atom is 0.417 e. The molecule has 0 heterocycles. The van der Waals surface area contributed by atoms with Crippen LogP contribution in [0.3, 0.4) is 0 Å². The van der Waals surface area contributed by atoms with Crippen LogP contribution in [0.1, 0.15) is 55.4 Å². The summed E-state index contributed by atoms with van der Waals surface area (Å²) >= 11 is 0. The predicted octanol–water partition coefficient (Wildman–Crippen LogP) is 6.32. The summed E-state index contributed by atoms with van der Waals surface area (Å²) in [5, 5.41) is -1.60. The van der Waals surface area contributed by atoms with Crippen molar-refractivity contribution in [3.8, 4) is 0 Å². The summed E-state index contributed by atoms with van der Waals surface area (Å²) in [4.78, 5) is 0. The predicted molar refractivity (Wildman–Crippen MR) is 74.1 cm³/mol. The maximum absolute atomic E-state index is 13.1. The molecule has 25 heavy (non-hydrogen) atoms. The SMILES string of the molecule is [B]C(CC)(CCC)c1cc(C(F)(F)F)c(C(F)(F)F)c(C(F)(F)F)c1. The van der Waals surface area contributed by atoms with Crippen LogP contribution in [0.5, 0.6) is 0 Å². The van der Waals surface area contributed by atoms with Crippen molar-refractivity contribution in [3.63, 3.8) is 0 Å². The highest BCUT2D eigenvalue weighted by atomic mass is 19.4. The van der Waals surface area contributed by atoms with Gasteiger partial charge in [-0.3, -0.25) is 0 Å². The van der Waals surface area contributed by atoms with Gasteiger partial charge in [0.1, 0.15) is 0 Å². The summed E-state index contributed by atoms with van der Waals surface area (Å²) in [5.41, 5.74) is -8.14. The molecule has 10 heteroatoms. The molecule has 0 spiro atoms. The Morgan fingerprint density at radius 1 is 0.760 bits per heavy atom. The average molecular weight is 376 g/mol. The largest absolute Gasteiger partial charge is 0.417 e. The molecule has 1 unspecified atom stereocenters. The van der Waals surface area contributed by atoms with Crippen LogP contribution in [-0.4, -0.2) is 7.85 Å². The molecule has 1 aromatic rings. The first-order valence-electron chi connectivity index (χ1n) is 7.27. The van der Waals surface area contributed by atoms with Gasteiger partial charge in [-0.15, -0.1) is 0 Å². The molecule has 1 rings (SSSR count). The number of alkyl halides is 9. The minimum atomic E-state index is -5.83. The van der Waals surface area contributed by atoms with E-state index >= 15 is 0 Å². The van der Waals surface area contributed by atoms with Gasteiger partial charge in [-0.1, -0.05) is 33.1 Å². The highest BCUT2D eigenvalue weighted by Crippen LogP contribution is 2.48. The van der Waals surface area contributed by atoms with Crippen LogP contribution in [0.25, 0.3) is 0 Å². The Hall–Kier alpha value is -1.35. The molecule has 0 aliphatic heterocycles. The van der Waals surface area contributed by atoms with E-state index in [4.69, 9.17) is 7.85 Å². The Morgan fingerprint density at radius 2 is 1.16 bits per heavy atom. The number of hydrogen-bond donors (Lipinski definition) is 0. The van der Waals surface area contributed by atoms with Crippen molar-refractivity contribution < 1.29 is 39.5 Å². The van der Waals surface area contributed by atoms with Gasteiger partial charge in [-0.2, -0.15) is 39.5 Å². The first-order valence-corrected chi connectivity index (χ1v) is 7.27. The summed E-state index contributed by atoms with van der Waals surface area (Å²) in [6.07, 6.45) is -16.8. The molecule has 0 bridgehead atoms. The van der Waals surface area contributed by atoms with Gasteiger partial charge in [0.25, 0.3) is 0 Å². The third kappa shape index (κ3) is 4.64. The Kier molecular flexibility index (Phi) is 5.86. The smallest absolute Gasteiger partial charge is 0.166 e. The van der Waals surface area contributed by atoms with Gasteiger partial charge in [0.2, 0.25) is 0 Å². The summed E-state index contributed by atoms with van der Waals surface area (Å²) in [6, 6.07) is 0.161. The van der Waals surface area contributed by atoms with Gasteiger partial charge in [0.15, 0.2) is 0 Å². The number of hydrogen-bond acceptors (Lipinski definition) is 0. The number of halogens is 9. The molecule has 0 aromatic heterocycles. The van der Waals surface area contributed by atoms with Crippen LogP contribution in [0.15, 0.2) is 12.1 Å². The average Bonchev–Trinajstić information content (AvgIpc) is 2.43. The highest BCUT2D eigenvalue weighted by Gasteiger charge is 2.51. The first-order chi connectivity index (χ1) is 11.1. The minimum absolute atomic E-state index is 0.0173. The van der Waals surface area contributed by atoms with Gasteiger partial charge in [0, 0.05) is 0 Å². The normalized spacial score (nSPS) is 16.0. The van der Waals surface area contributed by atoms with Crippen LogP contribution in [0.2, 0.25) is 0 Å². The van der Waals surface area contributed by atoms with E-state index < -0.39 is 46.1 Å². The zero-order valence-corrected chi connectivity index (χ0v) is 13.3. The van der Waals surface area contributed by atoms with Crippen molar-refractivity contribution in [3.05, 3.63) is 34.4 Å². The molecule has 0 amide bonds. The van der Waals surface area contributed by atoms with Gasteiger partial charge in [0.05, 0.1) is 24.5 Å². The lowest BCUT2D eigenvalue weighted by molar-refractivity contribution is -0.174. The minimum Gasteiger partial charge on any atom is -0.166 e. The third-order valence-corrected chi connectivity index (χ3v) is 3.93. The van der Waals surface area contributed by atoms with E-state index in [1.54, 1.807) is 6.92 Å². The van der Waals surface area contributed by atoms with Crippen LogP contribution in [0.4, 0.5) is 39.5 Å². The Bertz CT molecular complexity index is 578. The van der Waals surface area contributed by atoms with Crippen molar-refractivity contribution in [1.82, 2.24) is 0 Å². The van der Waals surface area contributed by atoms with E-state index in [9.17, 15) is 39.5 Å². The summed E-state index contributed by atoms with van der Waals surface area (Å²) in [5.74, 6) is 0.